The largest absolute Gasteiger partial charge is 0.501 e. The highest BCUT2D eigenvalue weighted by molar-refractivity contribution is 4.86. The molecule has 2 heteroatoms. The van der Waals surface area contributed by atoms with Crippen LogP contribution in [0.2, 0.25) is 0 Å². The molecule has 0 spiro atoms. The molecule has 0 aromatic rings. The molecule has 0 heterocycles. The summed E-state index contributed by atoms with van der Waals surface area (Å²) >= 11 is 0. The van der Waals surface area contributed by atoms with Crippen molar-refractivity contribution in [2.45, 2.75) is 20.3 Å². The van der Waals surface area contributed by atoms with E-state index in [1.54, 1.807) is 0 Å². The Hall–Kier alpha value is -0.500. The van der Waals surface area contributed by atoms with Gasteiger partial charge in [-0.05, 0) is 19.4 Å². The zero-order valence-corrected chi connectivity index (χ0v) is 9.05. The fourth-order valence-corrected chi connectivity index (χ4v) is 0.848. The summed E-state index contributed by atoms with van der Waals surface area (Å²) in [5, 5.41) is 0. The Balaban J connectivity index is 3.29. The first kappa shape index (κ1) is 11.5. The van der Waals surface area contributed by atoms with Crippen LogP contribution in [0, 0.1) is 0 Å². The van der Waals surface area contributed by atoms with Gasteiger partial charge in [-0.3, -0.25) is 0 Å². The first-order valence-electron chi connectivity index (χ1n) is 4.47. The van der Waals surface area contributed by atoms with Crippen LogP contribution in [0.3, 0.4) is 0 Å². The molecule has 0 radical (unpaired) electrons. The number of hydrogen-bond donors (Lipinski definition) is 0. The third-order valence-electron chi connectivity index (χ3n) is 1.41. The minimum absolute atomic E-state index is 0.834. The van der Waals surface area contributed by atoms with E-state index in [-0.39, 0.29) is 0 Å². The van der Waals surface area contributed by atoms with Gasteiger partial charge in [0.15, 0.2) is 0 Å². The molecule has 0 saturated heterocycles. The normalized spacial score (nSPS) is 11.1. The highest BCUT2D eigenvalue weighted by Crippen LogP contribution is 1.95. The summed E-state index contributed by atoms with van der Waals surface area (Å²) < 4.78 is 6.33. The highest BCUT2D eigenvalue weighted by atomic mass is 16.5. The van der Waals surface area contributed by atoms with E-state index in [4.69, 9.17) is 4.74 Å². The molecule has 0 aliphatic heterocycles. The van der Waals surface area contributed by atoms with Crippen molar-refractivity contribution in [1.29, 1.82) is 0 Å². The van der Waals surface area contributed by atoms with Gasteiger partial charge in [0.1, 0.15) is 0 Å². The Morgan fingerprint density at radius 2 is 1.83 bits per heavy atom. The minimum atomic E-state index is 0.834. The number of hydrogen-bond acceptors (Lipinski definition) is 1. The molecule has 72 valence electrons. The number of quaternary nitrogens is 1. The van der Waals surface area contributed by atoms with Crippen LogP contribution >= 0.6 is 0 Å². The minimum Gasteiger partial charge on any atom is -0.501 e. The second-order valence-electron chi connectivity index (χ2n) is 4.43. The first-order valence-corrected chi connectivity index (χ1v) is 4.47. The summed E-state index contributed by atoms with van der Waals surface area (Å²) in [4.78, 5) is 0. The van der Waals surface area contributed by atoms with Gasteiger partial charge in [0.05, 0.1) is 40.6 Å². The van der Waals surface area contributed by atoms with Crippen LogP contribution in [0.1, 0.15) is 20.3 Å². The van der Waals surface area contributed by atoms with E-state index in [9.17, 15) is 0 Å². The lowest BCUT2D eigenvalue weighted by Crippen LogP contribution is -2.35. The van der Waals surface area contributed by atoms with Crippen LogP contribution < -0.4 is 0 Å². The zero-order valence-electron chi connectivity index (χ0n) is 9.05. The van der Waals surface area contributed by atoms with E-state index in [2.05, 4.69) is 21.1 Å². The Labute approximate surface area is 76.4 Å². The second kappa shape index (κ2) is 5.20. The van der Waals surface area contributed by atoms with E-state index in [0.717, 1.165) is 24.1 Å². The molecule has 0 saturated carbocycles. The van der Waals surface area contributed by atoms with Gasteiger partial charge in [-0.2, -0.15) is 0 Å². The van der Waals surface area contributed by atoms with Crippen LogP contribution in [-0.2, 0) is 4.74 Å². The third-order valence-corrected chi connectivity index (χ3v) is 1.41. The molecule has 0 aromatic carbocycles. The molecule has 0 aliphatic rings. The molecule has 0 fully saturated rings. The van der Waals surface area contributed by atoms with Crippen LogP contribution in [-0.4, -0.2) is 38.8 Å². The Morgan fingerprint density at radius 1 is 1.25 bits per heavy atom. The monoisotopic (exact) mass is 172 g/mol. The van der Waals surface area contributed by atoms with E-state index >= 15 is 0 Å². The van der Waals surface area contributed by atoms with Crippen molar-refractivity contribution < 1.29 is 9.22 Å². The van der Waals surface area contributed by atoms with Gasteiger partial charge < -0.3 is 9.22 Å². The van der Waals surface area contributed by atoms with Crippen molar-refractivity contribution in [2.75, 3.05) is 34.3 Å². The van der Waals surface area contributed by atoms with Crippen molar-refractivity contribution in [2.24, 2.45) is 0 Å². The third kappa shape index (κ3) is 9.50. The van der Waals surface area contributed by atoms with Crippen LogP contribution in [0.4, 0.5) is 0 Å². The molecule has 0 amide bonds. The fourth-order valence-electron chi connectivity index (χ4n) is 0.848. The predicted molar refractivity (Wildman–Crippen MR) is 52.9 cm³/mol. The maximum Gasteiger partial charge on any atom is 0.0926 e. The number of allylic oxidation sites excluding steroid dienone is 1. The number of rotatable bonds is 5. The van der Waals surface area contributed by atoms with Crippen molar-refractivity contribution in [3.63, 3.8) is 0 Å². The molecular weight excluding hydrogens is 150 g/mol. The summed E-state index contributed by atoms with van der Waals surface area (Å²) in [5.74, 6) is 0. The molecule has 0 rings (SSSR count). The summed E-state index contributed by atoms with van der Waals surface area (Å²) in [6.45, 7) is 6.08. The first-order chi connectivity index (χ1) is 5.42. The lowest BCUT2D eigenvalue weighted by Gasteiger charge is -2.23. The van der Waals surface area contributed by atoms with Gasteiger partial charge in [-0.15, -0.1) is 0 Å². The lowest BCUT2D eigenvalue weighted by atomic mass is 10.4. The van der Waals surface area contributed by atoms with Crippen LogP contribution in [0.25, 0.3) is 0 Å². The summed E-state index contributed by atoms with van der Waals surface area (Å²) in [7, 11) is 6.59. The lowest BCUT2D eigenvalue weighted by molar-refractivity contribution is -0.870. The Bertz CT molecular complexity index is 140. The molecule has 0 unspecified atom stereocenters. The number of ether oxygens (including phenoxy) is 1. The van der Waals surface area contributed by atoms with E-state index in [1.165, 1.54) is 5.57 Å². The molecule has 0 aliphatic carbocycles. The van der Waals surface area contributed by atoms with Gasteiger partial charge in [-0.1, -0.05) is 0 Å². The van der Waals surface area contributed by atoms with E-state index < -0.39 is 0 Å². The predicted octanol–water partition coefficient (Wildman–Crippen LogP) is 2.02. The summed E-state index contributed by atoms with van der Waals surface area (Å²) in [5.41, 5.74) is 1.22. The second-order valence-corrected chi connectivity index (χ2v) is 4.43. The zero-order chi connectivity index (χ0) is 9.61. The molecule has 0 atom stereocenters. The van der Waals surface area contributed by atoms with E-state index in [0.29, 0.717) is 0 Å². The van der Waals surface area contributed by atoms with Gasteiger partial charge >= 0.3 is 0 Å². The van der Waals surface area contributed by atoms with Crippen molar-refractivity contribution in [3.8, 4) is 0 Å². The van der Waals surface area contributed by atoms with Gasteiger partial charge in [0.25, 0.3) is 0 Å². The maximum atomic E-state index is 5.32. The van der Waals surface area contributed by atoms with E-state index in [1.807, 2.05) is 20.1 Å². The molecule has 0 bridgehead atoms. The molecular formula is C10H22NO+. The van der Waals surface area contributed by atoms with Gasteiger partial charge in [0, 0.05) is 6.42 Å². The quantitative estimate of drug-likeness (QED) is 0.350. The van der Waals surface area contributed by atoms with Crippen molar-refractivity contribution >= 4 is 0 Å². The van der Waals surface area contributed by atoms with Crippen molar-refractivity contribution in [3.05, 3.63) is 11.8 Å². The highest BCUT2D eigenvalue weighted by Gasteiger charge is 2.04. The van der Waals surface area contributed by atoms with Crippen LogP contribution in [0.15, 0.2) is 11.8 Å². The van der Waals surface area contributed by atoms with Gasteiger partial charge in [-0.25, -0.2) is 0 Å². The number of nitrogens with zero attached hydrogens (tertiary/aromatic N) is 1. The van der Waals surface area contributed by atoms with Crippen LogP contribution in [0.5, 0.6) is 0 Å². The Morgan fingerprint density at radius 3 is 2.25 bits per heavy atom. The standard InChI is InChI=1S/C10H22NO/c1-10(2)9-12-8-6-7-11(3,4)5/h9H,6-8H2,1-5H3/q+1. The average Bonchev–Trinajstić information content (AvgIpc) is 1.83. The topological polar surface area (TPSA) is 9.23 Å². The SMILES string of the molecule is CC(C)=COCCC[N+](C)(C)C. The fraction of sp³-hybridized carbons (Fsp3) is 0.800. The summed E-state index contributed by atoms with van der Waals surface area (Å²) in [6, 6.07) is 0. The molecule has 0 N–H and O–H groups in total. The molecule has 2 nitrogen and oxygen atoms in total. The molecule has 0 aromatic heterocycles. The average molecular weight is 172 g/mol. The smallest absolute Gasteiger partial charge is 0.0926 e. The van der Waals surface area contributed by atoms with Crippen molar-refractivity contribution in [1.82, 2.24) is 0 Å². The van der Waals surface area contributed by atoms with Gasteiger partial charge in [0.2, 0.25) is 0 Å². The Kier molecular flexibility index (Phi) is 4.98. The molecule has 12 heavy (non-hydrogen) atoms. The maximum absolute atomic E-state index is 5.32. The summed E-state index contributed by atoms with van der Waals surface area (Å²) in [6.07, 6.45) is 2.95.